The van der Waals surface area contributed by atoms with Crippen molar-refractivity contribution in [3.8, 4) is 0 Å². The van der Waals surface area contributed by atoms with E-state index in [0.717, 1.165) is 11.2 Å². The molecule has 1 heteroatoms. The zero-order valence-electron chi connectivity index (χ0n) is 15.3. The summed E-state index contributed by atoms with van der Waals surface area (Å²) in [6, 6.07) is 0. The summed E-state index contributed by atoms with van der Waals surface area (Å²) >= 11 is 3.65. The summed E-state index contributed by atoms with van der Waals surface area (Å²) in [4.78, 5) is 0. The normalized spacial score (nSPS) is 14.7. The Balaban J connectivity index is 0. The lowest BCUT2D eigenvalue weighted by atomic mass is 9.66. The number of rotatable bonds is 4. The maximum atomic E-state index is 3.65. The standard InChI is InChI=1S/C15H31Br.C3H8/c1-13(2,3)9-12(14(4,5)6)10-15(7,8)11-16;1-3-2/h12H,9-11H2,1-8H3;3H2,1-2H3. The third-order valence-corrected chi connectivity index (χ3v) is 4.76. The summed E-state index contributed by atoms with van der Waals surface area (Å²) < 4.78 is 0. The zero-order valence-corrected chi connectivity index (χ0v) is 16.9. The number of hydrogen-bond acceptors (Lipinski definition) is 0. The first-order chi connectivity index (χ1) is 8.29. The minimum Gasteiger partial charge on any atom is -0.0922 e. The molecule has 0 aromatic carbocycles. The largest absolute Gasteiger partial charge is 0.0922 e. The van der Waals surface area contributed by atoms with Crippen LogP contribution < -0.4 is 0 Å². The summed E-state index contributed by atoms with van der Waals surface area (Å²) in [5, 5.41) is 1.09. The fraction of sp³-hybridized carbons (Fsp3) is 1.00. The number of halogens is 1. The van der Waals surface area contributed by atoms with Gasteiger partial charge in [0.1, 0.15) is 0 Å². The molecule has 0 rings (SSSR count). The van der Waals surface area contributed by atoms with Crippen molar-refractivity contribution in [1.29, 1.82) is 0 Å². The van der Waals surface area contributed by atoms with Crippen LogP contribution in [-0.2, 0) is 0 Å². The van der Waals surface area contributed by atoms with E-state index in [2.05, 4.69) is 85.2 Å². The highest BCUT2D eigenvalue weighted by Gasteiger charge is 2.33. The fourth-order valence-corrected chi connectivity index (χ4v) is 2.37. The van der Waals surface area contributed by atoms with Crippen LogP contribution in [0.5, 0.6) is 0 Å². The van der Waals surface area contributed by atoms with Gasteiger partial charge in [-0.3, -0.25) is 0 Å². The summed E-state index contributed by atoms with van der Waals surface area (Å²) in [6.45, 7) is 23.2. The van der Waals surface area contributed by atoms with Crippen LogP contribution in [0.2, 0.25) is 0 Å². The molecule has 0 aliphatic carbocycles. The lowest BCUT2D eigenvalue weighted by Gasteiger charge is -2.40. The van der Waals surface area contributed by atoms with E-state index in [1.54, 1.807) is 0 Å². The van der Waals surface area contributed by atoms with Crippen molar-refractivity contribution < 1.29 is 0 Å². The lowest BCUT2D eigenvalue weighted by molar-refractivity contribution is 0.117. The predicted molar refractivity (Wildman–Crippen MR) is 95.2 cm³/mol. The first-order valence-electron chi connectivity index (χ1n) is 7.85. The average molecular weight is 335 g/mol. The van der Waals surface area contributed by atoms with Gasteiger partial charge in [-0.2, -0.15) is 0 Å². The van der Waals surface area contributed by atoms with Crippen LogP contribution in [0.25, 0.3) is 0 Å². The van der Waals surface area contributed by atoms with Crippen molar-refractivity contribution >= 4 is 15.9 Å². The van der Waals surface area contributed by atoms with E-state index in [4.69, 9.17) is 0 Å². The van der Waals surface area contributed by atoms with Gasteiger partial charge in [-0.25, -0.2) is 0 Å². The van der Waals surface area contributed by atoms with Crippen molar-refractivity contribution in [2.75, 3.05) is 5.33 Å². The van der Waals surface area contributed by atoms with Gasteiger partial charge < -0.3 is 0 Å². The molecule has 118 valence electrons. The molecule has 0 radical (unpaired) electrons. The van der Waals surface area contributed by atoms with Crippen molar-refractivity contribution in [2.45, 2.75) is 88.5 Å². The third kappa shape index (κ3) is 13.2. The second-order valence-corrected chi connectivity index (χ2v) is 9.60. The molecule has 19 heavy (non-hydrogen) atoms. The van der Waals surface area contributed by atoms with Crippen LogP contribution in [0.1, 0.15) is 88.5 Å². The zero-order chi connectivity index (χ0) is 15.9. The molecule has 0 heterocycles. The summed E-state index contributed by atoms with van der Waals surface area (Å²) in [7, 11) is 0. The smallest absolute Gasteiger partial charge is 0.00827 e. The van der Waals surface area contributed by atoms with Crippen molar-refractivity contribution in [2.24, 2.45) is 22.2 Å². The maximum Gasteiger partial charge on any atom is 0.00827 e. The molecule has 0 saturated heterocycles. The molecule has 0 N–H and O–H groups in total. The van der Waals surface area contributed by atoms with Crippen LogP contribution in [-0.4, -0.2) is 5.33 Å². The van der Waals surface area contributed by atoms with E-state index in [-0.39, 0.29) is 0 Å². The van der Waals surface area contributed by atoms with Crippen LogP contribution in [0, 0.1) is 22.2 Å². The summed E-state index contributed by atoms with van der Waals surface area (Å²) in [5.41, 5.74) is 1.25. The van der Waals surface area contributed by atoms with Gasteiger partial charge >= 0.3 is 0 Å². The van der Waals surface area contributed by atoms with E-state index >= 15 is 0 Å². The minimum absolute atomic E-state index is 0.406. The van der Waals surface area contributed by atoms with Gasteiger partial charge in [0.05, 0.1) is 0 Å². The molecule has 0 aromatic rings. The molecule has 0 aliphatic rings. The Morgan fingerprint density at radius 2 is 1.16 bits per heavy atom. The molecule has 0 nitrogen and oxygen atoms in total. The molecule has 0 bridgehead atoms. The van der Waals surface area contributed by atoms with Crippen LogP contribution in [0.15, 0.2) is 0 Å². The molecular weight excluding hydrogens is 296 g/mol. The summed E-state index contributed by atoms with van der Waals surface area (Å²) in [5.74, 6) is 0.792. The van der Waals surface area contributed by atoms with Crippen molar-refractivity contribution in [3.05, 3.63) is 0 Å². The summed E-state index contributed by atoms with van der Waals surface area (Å²) in [6.07, 6.45) is 3.87. The number of alkyl halides is 1. The van der Waals surface area contributed by atoms with Gasteiger partial charge in [0.25, 0.3) is 0 Å². The first kappa shape index (κ1) is 21.8. The Morgan fingerprint density at radius 3 is 1.37 bits per heavy atom. The Hall–Kier alpha value is 0.480. The van der Waals surface area contributed by atoms with Gasteiger partial charge in [-0.05, 0) is 35.0 Å². The number of hydrogen-bond donors (Lipinski definition) is 0. The average Bonchev–Trinajstić information content (AvgIpc) is 2.14. The second kappa shape index (κ2) is 8.70. The maximum absolute atomic E-state index is 3.65. The molecular formula is C18H39Br. The Labute approximate surface area is 132 Å². The quantitative estimate of drug-likeness (QED) is 0.472. The van der Waals surface area contributed by atoms with Gasteiger partial charge in [0, 0.05) is 5.33 Å². The monoisotopic (exact) mass is 334 g/mol. The van der Waals surface area contributed by atoms with Crippen molar-refractivity contribution in [3.63, 3.8) is 0 Å². The van der Waals surface area contributed by atoms with E-state index in [1.807, 2.05) is 0 Å². The van der Waals surface area contributed by atoms with Crippen LogP contribution >= 0.6 is 15.9 Å². The van der Waals surface area contributed by atoms with Crippen LogP contribution in [0.4, 0.5) is 0 Å². The third-order valence-electron chi connectivity index (χ3n) is 3.24. The fourth-order valence-electron chi connectivity index (χ4n) is 2.15. The lowest BCUT2D eigenvalue weighted by Crippen LogP contribution is -2.30. The topological polar surface area (TPSA) is 0 Å². The second-order valence-electron chi connectivity index (χ2n) is 9.04. The molecule has 0 aliphatic heterocycles. The SMILES string of the molecule is CC(C)(C)CC(CC(C)(C)CBr)C(C)(C)C.CCC. The van der Waals surface area contributed by atoms with E-state index in [9.17, 15) is 0 Å². The molecule has 0 spiro atoms. The van der Waals surface area contributed by atoms with Gasteiger partial charge in [-0.1, -0.05) is 91.6 Å². The molecule has 1 atom stereocenters. The minimum atomic E-state index is 0.406. The molecule has 0 fully saturated rings. The molecule has 0 amide bonds. The Kier molecular flexibility index (Phi) is 9.97. The van der Waals surface area contributed by atoms with Gasteiger partial charge in [0.15, 0.2) is 0 Å². The van der Waals surface area contributed by atoms with Crippen LogP contribution in [0.3, 0.4) is 0 Å². The molecule has 0 saturated carbocycles. The predicted octanol–water partition coefficient (Wildman–Crippen LogP) is 7.31. The molecule has 0 aromatic heterocycles. The van der Waals surface area contributed by atoms with E-state index in [1.165, 1.54) is 19.3 Å². The van der Waals surface area contributed by atoms with E-state index in [0.29, 0.717) is 16.2 Å². The van der Waals surface area contributed by atoms with Gasteiger partial charge in [-0.15, -0.1) is 0 Å². The highest BCUT2D eigenvalue weighted by atomic mass is 79.9. The Morgan fingerprint density at radius 1 is 0.789 bits per heavy atom. The van der Waals surface area contributed by atoms with Gasteiger partial charge in [0.2, 0.25) is 0 Å². The van der Waals surface area contributed by atoms with Crippen molar-refractivity contribution in [1.82, 2.24) is 0 Å². The highest BCUT2D eigenvalue weighted by molar-refractivity contribution is 9.09. The Bertz CT molecular complexity index is 215. The molecule has 1 unspecified atom stereocenters. The highest BCUT2D eigenvalue weighted by Crippen LogP contribution is 2.43. The first-order valence-corrected chi connectivity index (χ1v) is 8.97. The van der Waals surface area contributed by atoms with E-state index < -0.39 is 0 Å².